The molecule has 0 saturated heterocycles. The highest BCUT2D eigenvalue weighted by molar-refractivity contribution is 6.03. The minimum atomic E-state index is -0.582. The zero-order chi connectivity index (χ0) is 21.0. The van der Waals surface area contributed by atoms with Gasteiger partial charge in [-0.05, 0) is 51.5 Å². The predicted octanol–water partition coefficient (Wildman–Crippen LogP) is 3.90. The van der Waals surface area contributed by atoms with Gasteiger partial charge in [-0.15, -0.1) is 0 Å². The molecule has 0 atom stereocenters. The summed E-state index contributed by atoms with van der Waals surface area (Å²) in [5, 5.41) is 18.7. The number of phenols is 1. The van der Waals surface area contributed by atoms with Crippen LogP contribution in [0.1, 0.15) is 30.5 Å². The summed E-state index contributed by atoms with van der Waals surface area (Å²) >= 11 is 0. The van der Waals surface area contributed by atoms with Gasteiger partial charge in [-0.25, -0.2) is 4.79 Å². The fourth-order valence-corrected chi connectivity index (χ4v) is 3.32. The first-order valence-electron chi connectivity index (χ1n) is 9.16. The molecule has 0 heterocycles. The molecule has 148 valence electrons. The predicted molar refractivity (Wildman–Crippen MR) is 113 cm³/mol. The summed E-state index contributed by atoms with van der Waals surface area (Å²) in [6.45, 7) is 12.9. The number of anilines is 1. The fourth-order valence-electron chi connectivity index (χ4n) is 3.32. The molecule has 0 amide bonds. The number of hydrogen-bond donors (Lipinski definition) is 3. The molecule has 0 bridgehead atoms. The van der Waals surface area contributed by atoms with E-state index in [1.165, 1.54) is 0 Å². The van der Waals surface area contributed by atoms with Crippen molar-refractivity contribution in [1.82, 2.24) is 0 Å². The van der Waals surface area contributed by atoms with Crippen LogP contribution in [0, 0.1) is 19.3 Å². The molecule has 0 radical (unpaired) electrons. The Morgan fingerprint density at radius 3 is 2.46 bits per heavy atom. The van der Waals surface area contributed by atoms with E-state index >= 15 is 0 Å². The number of carbonyl (C=O) groups is 1. The Hall–Kier alpha value is -3.28. The molecule has 6 nitrogen and oxygen atoms in total. The molecule has 2 rings (SSSR count). The van der Waals surface area contributed by atoms with Crippen LogP contribution in [0.2, 0.25) is 0 Å². The number of phenolic OH excluding ortho intramolecular Hbond substituents is 1. The first-order valence-corrected chi connectivity index (χ1v) is 9.16. The van der Waals surface area contributed by atoms with Crippen LogP contribution in [-0.4, -0.2) is 30.0 Å². The topological polar surface area (TPSA) is 99.6 Å². The van der Waals surface area contributed by atoms with Crippen LogP contribution in [0.25, 0.3) is 11.1 Å². The second-order valence-corrected chi connectivity index (χ2v) is 6.48. The number of rotatable bonds is 7. The van der Waals surface area contributed by atoms with E-state index in [0.717, 1.165) is 30.4 Å². The average molecular weight is 381 g/mol. The number of amidine groups is 1. The van der Waals surface area contributed by atoms with Gasteiger partial charge in [-0.3, -0.25) is 5.41 Å². The number of nitrogen functional groups attached to an aromatic ring is 1. The van der Waals surface area contributed by atoms with Crippen LogP contribution in [-0.2, 0) is 4.79 Å². The maximum Gasteiger partial charge on any atom is 0.335 e. The van der Waals surface area contributed by atoms with Crippen molar-refractivity contribution < 1.29 is 14.6 Å². The van der Waals surface area contributed by atoms with Gasteiger partial charge < -0.3 is 20.5 Å². The quantitative estimate of drug-likeness (QED) is 0.222. The average Bonchev–Trinajstić information content (AvgIpc) is 2.66. The van der Waals surface area contributed by atoms with Crippen LogP contribution in [0.4, 0.5) is 5.69 Å². The summed E-state index contributed by atoms with van der Waals surface area (Å²) in [6, 6.07) is 6.80. The second kappa shape index (κ2) is 8.61. The molecule has 6 heteroatoms. The minimum absolute atomic E-state index is 0.0743. The van der Waals surface area contributed by atoms with Crippen LogP contribution in [0.15, 0.2) is 36.9 Å². The first kappa shape index (κ1) is 21.0. The van der Waals surface area contributed by atoms with Gasteiger partial charge >= 0.3 is 5.97 Å². The number of benzene rings is 2. The third kappa shape index (κ3) is 4.01. The molecule has 0 aliphatic carbocycles. The Kier molecular flexibility index (Phi) is 6.46. The molecule has 0 fully saturated rings. The van der Waals surface area contributed by atoms with Gasteiger partial charge in [0.1, 0.15) is 17.3 Å². The van der Waals surface area contributed by atoms with Gasteiger partial charge in [-0.2, -0.15) is 0 Å². The highest BCUT2D eigenvalue weighted by atomic mass is 16.5. The van der Waals surface area contributed by atoms with E-state index in [-0.39, 0.29) is 11.6 Å². The van der Waals surface area contributed by atoms with Gasteiger partial charge in [0.15, 0.2) is 0 Å². The summed E-state index contributed by atoms with van der Waals surface area (Å²) in [7, 11) is 0. The van der Waals surface area contributed by atoms with Crippen molar-refractivity contribution >= 4 is 17.5 Å². The lowest BCUT2D eigenvalue weighted by Crippen LogP contribution is -2.22. The number of nitrogens with zero attached hydrogens (tertiary/aromatic N) is 1. The summed E-state index contributed by atoms with van der Waals surface area (Å²) in [6.07, 6.45) is 1.08. The molecule has 0 aliphatic rings. The number of nitrogens with one attached hydrogen (secondary N) is 1. The third-order valence-electron chi connectivity index (χ3n) is 4.77. The molecular formula is C22H27N3O3. The largest absolute Gasteiger partial charge is 0.507 e. The summed E-state index contributed by atoms with van der Waals surface area (Å²) in [4.78, 5) is 13.8. The molecule has 0 unspecified atom stereocenters. The van der Waals surface area contributed by atoms with Crippen LogP contribution >= 0.6 is 0 Å². The van der Waals surface area contributed by atoms with E-state index in [4.69, 9.17) is 15.9 Å². The smallest absolute Gasteiger partial charge is 0.335 e. The van der Waals surface area contributed by atoms with Gasteiger partial charge in [0.2, 0.25) is 0 Å². The maximum atomic E-state index is 11.6. The fraction of sp³-hybridized carbons (Fsp3) is 0.273. The van der Waals surface area contributed by atoms with Crippen molar-refractivity contribution in [3.63, 3.8) is 0 Å². The number of esters is 1. The van der Waals surface area contributed by atoms with Crippen molar-refractivity contribution in [1.29, 1.82) is 5.41 Å². The molecule has 0 aromatic heterocycles. The number of hydrogen-bond acceptors (Lipinski definition) is 5. The van der Waals surface area contributed by atoms with E-state index in [1.54, 1.807) is 25.1 Å². The Morgan fingerprint density at radius 1 is 1.29 bits per heavy atom. The Morgan fingerprint density at radius 2 is 1.93 bits per heavy atom. The second-order valence-electron chi connectivity index (χ2n) is 6.48. The third-order valence-corrected chi connectivity index (χ3v) is 4.77. The molecule has 2 aromatic rings. The molecule has 0 saturated carbocycles. The zero-order valence-electron chi connectivity index (χ0n) is 16.8. The lowest BCUT2D eigenvalue weighted by atomic mass is 9.91. The minimum Gasteiger partial charge on any atom is -0.507 e. The number of aromatic hydroxyl groups is 1. The van der Waals surface area contributed by atoms with E-state index in [2.05, 4.69) is 25.3 Å². The zero-order valence-corrected chi connectivity index (χ0v) is 16.8. The molecule has 4 N–H and O–H groups in total. The van der Waals surface area contributed by atoms with E-state index < -0.39 is 5.97 Å². The molecule has 0 aliphatic heterocycles. The number of aryl methyl sites for hydroxylation is 1. The van der Waals surface area contributed by atoms with Crippen LogP contribution < -0.4 is 15.4 Å². The van der Waals surface area contributed by atoms with Gasteiger partial charge in [-0.1, -0.05) is 6.58 Å². The highest BCUT2D eigenvalue weighted by Gasteiger charge is 2.20. The first-order chi connectivity index (χ1) is 13.2. The van der Waals surface area contributed by atoms with E-state index in [9.17, 15) is 9.90 Å². The molecule has 0 spiro atoms. The summed E-state index contributed by atoms with van der Waals surface area (Å²) in [5.41, 5.74) is 9.87. The highest BCUT2D eigenvalue weighted by Crippen LogP contribution is 2.41. The van der Waals surface area contributed by atoms with Gasteiger partial charge in [0, 0.05) is 53.2 Å². The monoisotopic (exact) mass is 381 g/mol. The van der Waals surface area contributed by atoms with Crippen LogP contribution in [0.5, 0.6) is 11.5 Å². The molecule has 2 aromatic carbocycles. The van der Waals surface area contributed by atoms with Crippen molar-refractivity contribution in [3.8, 4) is 22.6 Å². The van der Waals surface area contributed by atoms with Crippen LogP contribution in [0.3, 0.4) is 0 Å². The Balaban J connectivity index is 2.73. The molecule has 28 heavy (non-hydrogen) atoms. The van der Waals surface area contributed by atoms with Crippen molar-refractivity contribution in [3.05, 3.63) is 53.6 Å². The molecular weight excluding hydrogens is 354 g/mol. The number of carbonyl (C=O) groups excluding carboxylic acids is 1. The van der Waals surface area contributed by atoms with Crippen molar-refractivity contribution in [2.24, 2.45) is 5.73 Å². The number of ether oxygens (including phenoxy) is 1. The van der Waals surface area contributed by atoms with Gasteiger partial charge in [0.05, 0.1) is 0 Å². The van der Waals surface area contributed by atoms with E-state index in [0.29, 0.717) is 28.0 Å². The number of nitrogens with two attached hydrogens (primary N) is 1. The standard InChI is InChI=1S/C22H27N3O3/c1-6-20(27)28-19-10-9-15(22(23)24)21(14(19)5)16-11-13(4)17(12-18(16)26)25(7-2)8-3/h6,9-12,26H,1,7-8H2,2-5H3,(H3,23,24). The van der Waals surface area contributed by atoms with E-state index in [1.807, 2.05) is 13.0 Å². The SMILES string of the molecule is C=CC(=O)Oc1ccc(C(=N)N)c(-c2cc(C)c(N(CC)CC)cc2O)c1C. The summed E-state index contributed by atoms with van der Waals surface area (Å²) in [5.74, 6) is -0.313. The normalized spacial score (nSPS) is 10.4. The summed E-state index contributed by atoms with van der Waals surface area (Å²) < 4.78 is 5.30. The lowest BCUT2D eigenvalue weighted by molar-refractivity contribution is -0.129. The van der Waals surface area contributed by atoms with Gasteiger partial charge in [0.25, 0.3) is 0 Å². The Labute approximate surface area is 165 Å². The van der Waals surface area contributed by atoms with Crippen molar-refractivity contribution in [2.75, 3.05) is 18.0 Å². The maximum absolute atomic E-state index is 11.6. The Bertz CT molecular complexity index is 931. The lowest BCUT2D eigenvalue weighted by Gasteiger charge is -2.25. The van der Waals surface area contributed by atoms with Crippen molar-refractivity contribution in [2.45, 2.75) is 27.7 Å².